The Balaban J connectivity index is 1.39. The number of morpholine rings is 1. The zero-order chi connectivity index (χ0) is 20.3. The van der Waals surface area contributed by atoms with Crippen molar-refractivity contribution in [3.8, 4) is 0 Å². The van der Waals surface area contributed by atoms with E-state index in [1.807, 2.05) is 4.90 Å². The van der Waals surface area contributed by atoms with Crippen LogP contribution in [0.3, 0.4) is 0 Å². The highest BCUT2D eigenvalue weighted by molar-refractivity contribution is 5.78. The summed E-state index contributed by atoms with van der Waals surface area (Å²) in [5.41, 5.74) is -1.15. The SMILES string of the molecule is O=C1COCCN1CC1(O)CCN(C(=O)CCC2CCCCC2)CC12CCCC2. The summed E-state index contributed by atoms with van der Waals surface area (Å²) in [6.07, 6.45) is 12.9. The number of hydrogen-bond donors (Lipinski definition) is 1. The first-order valence-electron chi connectivity index (χ1n) is 11.9. The van der Waals surface area contributed by atoms with Gasteiger partial charge in [-0.15, -0.1) is 0 Å². The number of likely N-dealkylation sites (tertiary alicyclic amines) is 1. The number of nitrogens with zero attached hydrogens (tertiary/aromatic N) is 2. The molecule has 1 N–H and O–H groups in total. The molecule has 2 saturated heterocycles. The summed E-state index contributed by atoms with van der Waals surface area (Å²) in [7, 11) is 0. The van der Waals surface area contributed by atoms with Crippen molar-refractivity contribution in [3.05, 3.63) is 0 Å². The minimum absolute atomic E-state index is 0.0243. The number of hydrogen-bond acceptors (Lipinski definition) is 4. The number of rotatable bonds is 5. The van der Waals surface area contributed by atoms with Gasteiger partial charge in [-0.3, -0.25) is 9.59 Å². The summed E-state index contributed by atoms with van der Waals surface area (Å²) < 4.78 is 5.25. The van der Waals surface area contributed by atoms with Gasteiger partial charge in [-0.25, -0.2) is 0 Å². The van der Waals surface area contributed by atoms with Gasteiger partial charge in [0.1, 0.15) is 6.61 Å². The van der Waals surface area contributed by atoms with Crippen LogP contribution < -0.4 is 0 Å². The molecule has 1 atom stereocenters. The van der Waals surface area contributed by atoms with Crippen molar-refractivity contribution in [2.75, 3.05) is 39.4 Å². The normalized spacial score (nSPS) is 30.9. The molecule has 2 aliphatic carbocycles. The zero-order valence-electron chi connectivity index (χ0n) is 17.9. The lowest BCUT2D eigenvalue weighted by Crippen LogP contribution is -2.65. The maximum Gasteiger partial charge on any atom is 0.248 e. The lowest BCUT2D eigenvalue weighted by molar-refractivity contribution is -0.173. The highest BCUT2D eigenvalue weighted by atomic mass is 16.5. The van der Waals surface area contributed by atoms with E-state index in [9.17, 15) is 14.7 Å². The lowest BCUT2D eigenvalue weighted by Gasteiger charge is -2.54. The maximum atomic E-state index is 13.0. The van der Waals surface area contributed by atoms with Crippen molar-refractivity contribution in [3.63, 3.8) is 0 Å². The van der Waals surface area contributed by atoms with Gasteiger partial charge in [-0.1, -0.05) is 44.9 Å². The minimum Gasteiger partial charge on any atom is -0.387 e. The molecule has 0 aromatic rings. The van der Waals surface area contributed by atoms with Crippen LogP contribution in [-0.2, 0) is 14.3 Å². The van der Waals surface area contributed by atoms with Crippen molar-refractivity contribution in [1.82, 2.24) is 9.80 Å². The number of aliphatic hydroxyl groups is 1. The van der Waals surface area contributed by atoms with Gasteiger partial charge in [-0.2, -0.15) is 0 Å². The highest BCUT2D eigenvalue weighted by Crippen LogP contribution is 2.51. The molecule has 2 amide bonds. The Hall–Kier alpha value is -1.14. The fourth-order valence-corrected chi connectivity index (χ4v) is 6.31. The molecule has 4 rings (SSSR count). The summed E-state index contributed by atoms with van der Waals surface area (Å²) >= 11 is 0. The van der Waals surface area contributed by atoms with Gasteiger partial charge in [0.25, 0.3) is 0 Å². The Labute approximate surface area is 174 Å². The number of piperidine rings is 1. The summed E-state index contributed by atoms with van der Waals surface area (Å²) in [4.78, 5) is 29.1. The van der Waals surface area contributed by atoms with Crippen molar-refractivity contribution in [1.29, 1.82) is 0 Å². The van der Waals surface area contributed by atoms with Crippen molar-refractivity contribution in [2.24, 2.45) is 11.3 Å². The van der Waals surface area contributed by atoms with Crippen LogP contribution in [0.15, 0.2) is 0 Å². The molecule has 0 radical (unpaired) electrons. The predicted molar refractivity (Wildman–Crippen MR) is 110 cm³/mol. The quantitative estimate of drug-likeness (QED) is 0.762. The number of β-amino-alcohol motifs (C(OH)–C–C–N with tert-alkyl or cyclic N) is 1. The van der Waals surface area contributed by atoms with E-state index < -0.39 is 5.60 Å². The Morgan fingerprint density at radius 1 is 1.07 bits per heavy atom. The van der Waals surface area contributed by atoms with Gasteiger partial charge in [0.15, 0.2) is 0 Å². The van der Waals surface area contributed by atoms with Crippen LogP contribution in [0.2, 0.25) is 0 Å². The molecule has 1 unspecified atom stereocenters. The molecule has 4 fully saturated rings. The van der Waals surface area contributed by atoms with Crippen LogP contribution in [0.1, 0.15) is 77.0 Å². The average molecular weight is 407 g/mol. The van der Waals surface area contributed by atoms with Crippen molar-refractivity contribution >= 4 is 11.8 Å². The first-order chi connectivity index (χ1) is 14.0. The van der Waals surface area contributed by atoms with E-state index in [0.717, 1.165) is 38.0 Å². The van der Waals surface area contributed by atoms with E-state index in [4.69, 9.17) is 4.74 Å². The van der Waals surface area contributed by atoms with Gasteiger partial charge in [-0.05, 0) is 31.6 Å². The van der Waals surface area contributed by atoms with E-state index in [1.54, 1.807) is 4.90 Å². The fourth-order valence-electron chi connectivity index (χ4n) is 6.31. The van der Waals surface area contributed by atoms with Gasteiger partial charge in [0, 0.05) is 31.5 Å². The molecule has 4 aliphatic rings. The van der Waals surface area contributed by atoms with Gasteiger partial charge in [0.05, 0.1) is 18.8 Å². The number of carbonyl (C=O) groups excluding carboxylic acids is 2. The van der Waals surface area contributed by atoms with Gasteiger partial charge >= 0.3 is 0 Å². The van der Waals surface area contributed by atoms with Crippen molar-refractivity contribution in [2.45, 2.75) is 82.7 Å². The molecule has 1 spiro atoms. The highest BCUT2D eigenvalue weighted by Gasteiger charge is 2.56. The molecule has 164 valence electrons. The van der Waals surface area contributed by atoms with E-state index in [2.05, 4.69) is 0 Å². The second-order valence-corrected chi connectivity index (χ2v) is 9.99. The summed E-state index contributed by atoms with van der Waals surface area (Å²) in [6, 6.07) is 0. The van der Waals surface area contributed by atoms with Crippen LogP contribution >= 0.6 is 0 Å². The second-order valence-electron chi connectivity index (χ2n) is 9.99. The van der Waals surface area contributed by atoms with E-state index >= 15 is 0 Å². The number of ether oxygens (including phenoxy) is 1. The first kappa shape index (κ1) is 21.1. The van der Waals surface area contributed by atoms with Crippen molar-refractivity contribution < 1.29 is 19.4 Å². The largest absolute Gasteiger partial charge is 0.387 e. The molecule has 2 heterocycles. The van der Waals surface area contributed by atoms with Crippen LogP contribution in [0.5, 0.6) is 0 Å². The minimum atomic E-state index is -0.892. The fraction of sp³-hybridized carbons (Fsp3) is 0.913. The van der Waals surface area contributed by atoms with Gasteiger partial charge in [0.2, 0.25) is 11.8 Å². The van der Waals surface area contributed by atoms with Gasteiger partial charge < -0.3 is 19.6 Å². The molecule has 2 aliphatic heterocycles. The number of amides is 2. The molecular weight excluding hydrogens is 368 g/mol. The smallest absolute Gasteiger partial charge is 0.248 e. The van der Waals surface area contributed by atoms with E-state index in [0.29, 0.717) is 45.6 Å². The van der Waals surface area contributed by atoms with Crippen LogP contribution in [-0.4, -0.2) is 71.7 Å². The second kappa shape index (κ2) is 8.93. The molecule has 6 nitrogen and oxygen atoms in total. The summed E-state index contributed by atoms with van der Waals surface area (Å²) in [5.74, 6) is 0.970. The number of carbonyl (C=O) groups is 2. The third-order valence-corrected chi connectivity index (χ3v) is 8.22. The molecule has 0 aromatic heterocycles. The Morgan fingerprint density at radius 3 is 2.55 bits per heavy atom. The Bertz CT molecular complexity index is 598. The first-order valence-corrected chi connectivity index (χ1v) is 11.9. The Kier molecular flexibility index (Phi) is 6.50. The summed E-state index contributed by atoms with van der Waals surface area (Å²) in [5, 5.41) is 11.8. The standard InChI is InChI=1S/C23H38N2O4/c26-20(9-8-19-6-2-1-3-7-19)24-13-12-23(28,22(17-24)10-4-5-11-22)18-25-14-15-29-16-21(25)27/h19,28H,1-18H2. The molecule has 0 aromatic carbocycles. The third kappa shape index (κ3) is 4.48. The molecule has 0 bridgehead atoms. The van der Waals surface area contributed by atoms with Crippen LogP contribution in [0, 0.1) is 11.3 Å². The summed E-state index contributed by atoms with van der Waals surface area (Å²) in [6.45, 7) is 2.88. The molecular formula is C23H38N2O4. The molecule has 2 saturated carbocycles. The Morgan fingerprint density at radius 2 is 1.83 bits per heavy atom. The third-order valence-electron chi connectivity index (χ3n) is 8.22. The predicted octanol–water partition coefficient (Wildman–Crippen LogP) is 2.73. The topological polar surface area (TPSA) is 70.1 Å². The van der Waals surface area contributed by atoms with E-state index in [-0.39, 0.29) is 23.8 Å². The zero-order valence-corrected chi connectivity index (χ0v) is 17.9. The molecule has 29 heavy (non-hydrogen) atoms. The maximum absolute atomic E-state index is 13.0. The average Bonchev–Trinajstić information content (AvgIpc) is 3.21. The van der Waals surface area contributed by atoms with E-state index in [1.165, 1.54) is 32.1 Å². The van der Waals surface area contributed by atoms with Crippen LogP contribution in [0.25, 0.3) is 0 Å². The molecule has 6 heteroatoms. The van der Waals surface area contributed by atoms with Crippen LogP contribution in [0.4, 0.5) is 0 Å². The lowest BCUT2D eigenvalue weighted by atomic mass is 9.65. The monoisotopic (exact) mass is 406 g/mol.